The van der Waals surface area contributed by atoms with E-state index in [9.17, 15) is 4.79 Å². The van der Waals surface area contributed by atoms with Crippen LogP contribution >= 0.6 is 12.6 Å². The summed E-state index contributed by atoms with van der Waals surface area (Å²) >= 11 is 3.84. The first kappa shape index (κ1) is 7.52. The van der Waals surface area contributed by atoms with Crippen molar-refractivity contribution in [1.29, 1.82) is 0 Å². The van der Waals surface area contributed by atoms with E-state index in [1.807, 2.05) is 0 Å². The van der Waals surface area contributed by atoms with E-state index >= 15 is 0 Å². The van der Waals surface area contributed by atoms with Crippen molar-refractivity contribution in [1.82, 2.24) is 10.4 Å². The number of amides is 1. The molecule has 0 radical (unpaired) electrons. The van der Waals surface area contributed by atoms with Crippen LogP contribution in [0.5, 0.6) is 0 Å². The number of nitrogens with one attached hydrogen (secondary N) is 1. The van der Waals surface area contributed by atoms with E-state index in [2.05, 4.69) is 23.0 Å². The Balaban J connectivity index is 2.79. The number of aliphatic hydroxyl groups is 1. The predicted octanol–water partition coefficient (Wildman–Crippen LogP) is -1.43. The third-order valence-electron chi connectivity index (χ3n) is 1.06. The Kier molecular flexibility index (Phi) is 1.93. The molecule has 0 aromatic rings. The topological polar surface area (TPSA) is 64.9 Å². The fraction of sp³-hybridized carbons (Fsp3) is 0.500. The minimum Gasteiger partial charge on any atom is -0.369 e. The van der Waals surface area contributed by atoms with Crippen molar-refractivity contribution in [3.8, 4) is 0 Å². The number of carbonyl (C=O) groups is 1. The average Bonchev–Trinajstić information content (AvgIpc) is 1.84. The fourth-order valence-electron chi connectivity index (χ4n) is 0.531. The van der Waals surface area contributed by atoms with Gasteiger partial charge < -0.3 is 5.11 Å². The van der Waals surface area contributed by atoms with E-state index in [0.29, 0.717) is 0 Å². The van der Waals surface area contributed by atoms with Gasteiger partial charge >= 0.3 is 0 Å². The predicted molar refractivity (Wildman–Crippen MR) is 38.3 cm³/mol. The maximum absolute atomic E-state index is 10.6. The Morgan fingerprint density at radius 3 is 3.00 bits per heavy atom. The minimum absolute atomic E-state index is 0.246. The SMILES string of the molecule is CN1NC(O)C(=O)N=C1S. The third-order valence-corrected chi connectivity index (χ3v) is 1.46. The van der Waals surface area contributed by atoms with E-state index in [-0.39, 0.29) is 5.17 Å². The van der Waals surface area contributed by atoms with Crippen molar-refractivity contribution in [2.75, 3.05) is 7.05 Å². The molecule has 0 aromatic heterocycles. The van der Waals surface area contributed by atoms with Gasteiger partial charge in [-0.3, -0.25) is 9.80 Å². The number of nitrogens with zero attached hydrogens (tertiary/aromatic N) is 2. The number of carbonyl (C=O) groups excluding carboxylic acids is 1. The molecule has 2 N–H and O–H groups in total. The van der Waals surface area contributed by atoms with Crippen LogP contribution in [0.3, 0.4) is 0 Å². The van der Waals surface area contributed by atoms with Gasteiger partial charge in [-0.15, -0.1) is 12.6 Å². The van der Waals surface area contributed by atoms with Gasteiger partial charge in [-0.05, 0) is 0 Å². The van der Waals surface area contributed by atoms with Gasteiger partial charge in [-0.25, -0.2) is 0 Å². The first-order chi connectivity index (χ1) is 4.61. The second kappa shape index (κ2) is 2.57. The summed E-state index contributed by atoms with van der Waals surface area (Å²) in [5.41, 5.74) is 2.41. The molecule has 0 aromatic carbocycles. The summed E-state index contributed by atoms with van der Waals surface area (Å²) in [7, 11) is 1.60. The smallest absolute Gasteiger partial charge is 0.293 e. The molecule has 1 unspecified atom stereocenters. The Labute approximate surface area is 63.1 Å². The van der Waals surface area contributed by atoms with Gasteiger partial charge in [-0.2, -0.15) is 10.4 Å². The standard InChI is InChI=1S/C4H7N3O2S/c1-7-4(10)5-2(8)3(9)6-7/h3,6,9H,1H3,(H,5,8,10). The Morgan fingerprint density at radius 2 is 2.50 bits per heavy atom. The quantitative estimate of drug-likeness (QED) is 0.381. The number of aliphatic imine (C=N–C) groups is 1. The molecule has 1 aliphatic heterocycles. The van der Waals surface area contributed by atoms with E-state index in [4.69, 9.17) is 5.11 Å². The minimum atomic E-state index is -1.24. The molecule has 6 heteroatoms. The molecule has 0 saturated heterocycles. The fourth-order valence-corrected chi connectivity index (χ4v) is 0.687. The normalized spacial score (nSPS) is 26.7. The summed E-state index contributed by atoms with van der Waals surface area (Å²) < 4.78 is 0. The van der Waals surface area contributed by atoms with Crippen molar-refractivity contribution < 1.29 is 9.90 Å². The highest BCUT2D eigenvalue weighted by Gasteiger charge is 2.22. The van der Waals surface area contributed by atoms with Crippen LogP contribution in [0.4, 0.5) is 0 Å². The molecule has 56 valence electrons. The first-order valence-electron chi connectivity index (χ1n) is 2.60. The van der Waals surface area contributed by atoms with Gasteiger partial charge in [0, 0.05) is 7.05 Å². The highest BCUT2D eigenvalue weighted by atomic mass is 32.1. The summed E-state index contributed by atoms with van der Waals surface area (Å²) in [6.45, 7) is 0. The van der Waals surface area contributed by atoms with Crippen molar-refractivity contribution >= 4 is 23.7 Å². The molecule has 0 aliphatic carbocycles. The molecule has 1 aliphatic rings. The molecule has 10 heavy (non-hydrogen) atoms. The maximum Gasteiger partial charge on any atom is 0.293 e. The number of thiol groups is 1. The zero-order chi connectivity index (χ0) is 7.72. The van der Waals surface area contributed by atoms with Crippen LogP contribution in [0.15, 0.2) is 4.99 Å². The van der Waals surface area contributed by atoms with Crippen LogP contribution in [-0.2, 0) is 4.79 Å². The molecule has 1 heterocycles. The molecule has 0 bridgehead atoms. The molecule has 0 spiro atoms. The summed E-state index contributed by atoms with van der Waals surface area (Å²) in [6, 6.07) is 0. The molecule has 1 atom stereocenters. The molecule has 1 amide bonds. The Bertz CT molecular complexity index is 193. The van der Waals surface area contributed by atoms with Crippen LogP contribution in [0.1, 0.15) is 0 Å². The number of amidine groups is 1. The van der Waals surface area contributed by atoms with Crippen molar-refractivity contribution in [3.63, 3.8) is 0 Å². The average molecular weight is 161 g/mol. The van der Waals surface area contributed by atoms with Crippen LogP contribution in [0.25, 0.3) is 0 Å². The number of hydrogen-bond donors (Lipinski definition) is 3. The van der Waals surface area contributed by atoms with E-state index < -0.39 is 12.1 Å². The van der Waals surface area contributed by atoms with Crippen molar-refractivity contribution in [2.45, 2.75) is 6.23 Å². The number of rotatable bonds is 0. The monoisotopic (exact) mass is 161 g/mol. The van der Waals surface area contributed by atoms with Crippen LogP contribution in [0, 0.1) is 0 Å². The largest absolute Gasteiger partial charge is 0.369 e. The highest BCUT2D eigenvalue weighted by molar-refractivity contribution is 7.96. The first-order valence-corrected chi connectivity index (χ1v) is 3.05. The van der Waals surface area contributed by atoms with E-state index in [1.54, 1.807) is 7.05 Å². The van der Waals surface area contributed by atoms with Gasteiger partial charge in [0.05, 0.1) is 0 Å². The number of hydrazine groups is 1. The molecular formula is C4H7N3O2S. The lowest BCUT2D eigenvalue weighted by molar-refractivity contribution is -0.130. The van der Waals surface area contributed by atoms with Gasteiger partial charge in [0.1, 0.15) is 0 Å². The Morgan fingerprint density at radius 1 is 1.90 bits per heavy atom. The molecule has 0 saturated carbocycles. The summed E-state index contributed by atoms with van der Waals surface area (Å²) in [5.74, 6) is -0.622. The van der Waals surface area contributed by atoms with E-state index in [1.165, 1.54) is 5.01 Å². The highest BCUT2D eigenvalue weighted by Crippen LogP contribution is 1.99. The molecule has 5 nitrogen and oxygen atoms in total. The van der Waals surface area contributed by atoms with E-state index in [0.717, 1.165) is 0 Å². The van der Waals surface area contributed by atoms with Gasteiger partial charge in [0.25, 0.3) is 5.91 Å². The number of aliphatic hydroxyl groups excluding tert-OH is 1. The lowest BCUT2D eigenvalue weighted by Crippen LogP contribution is -2.51. The number of hydrogen-bond acceptors (Lipinski definition) is 4. The van der Waals surface area contributed by atoms with Gasteiger partial charge in [0.2, 0.25) is 6.23 Å². The van der Waals surface area contributed by atoms with Crippen LogP contribution in [0.2, 0.25) is 0 Å². The van der Waals surface area contributed by atoms with Gasteiger partial charge in [0.15, 0.2) is 5.17 Å². The second-order valence-corrected chi connectivity index (χ2v) is 2.24. The van der Waals surface area contributed by atoms with Crippen LogP contribution < -0.4 is 5.43 Å². The Hall–Kier alpha value is -0.590. The summed E-state index contributed by atoms with van der Waals surface area (Å²) in [6.07, 6.45) is -1.24. The molecule has 1 rings (SSSR count). The lowest BCUT2D eigenvalue weighted by atomic mass is 10.5. The summed E-state index contributed by atoms with van der Waals surface area (Å²) in [5, 5.41) is 10.4. The van der Waals surface area contributed by atoms with Crippen molar-refractivity contribution in [2.24, 2.45) is 4.99 Å². The zero-order valence-electron chi connectivity index (χ0n) is 5.27. The van der Waals surface area contributed by atoms with Crippen molar-refractivity contribution in [3.05, 3.63) is 0 Å². The van der Waals surface area contributed by atoms with Gasteiger partial charge in [-0.1, -0.05) is 0 Å². The molecule has 0 fully saturated rings. The third kappa shape index (κ3) is 1.28. The lowest BCUT2D eigenvalue weighted by Gasteiger charge is -2.25. The second-order valence-electron chi connectivity index (χ2n) is 1.84. The summed E-state index contributed by atoms with van der Waals surface area (Å²) in [4.78, 5) is 14.0. The van der Waals surface area contributed by atoms with Crippen LogP contribution in [-0.4, -0.2) is 34.5 Å². The molecular weight excluding hydrogens is 154 g/mol. The maximum atomic E-state index is 10.6. The zero-order valence-corrected chi connectivity index (χ0v) is 6.17.